The molecule has 6 heteroatoms. The summed E-state index contributed by atoms with van der Waals surface area (Å²) in [6.45, 7) is -0.199. The standard InChI is InChI=1S/C90H66BN3Si2/c1-11-33-67(34-12-1)69-37-31-42-73(61-69)93-87-66-83(96(79-50-25-8-26-51-79,80-52-27-9-28-53-80)81-54-29-10-30-55-81)58-60-85(87)91-84-59-57-70(68-35-13-2-14-36-68)62-86(84)94(89-65-75(64-88(93)90(89)91)92(71-38-15-3-16-39-71)72-40-17-4-18-41-72)74-43-32-56-82(63-74)95(76-44-19-5-20-45-76,77-46-21-6-22-47-77)78-48-23-7-24-49-78/h1-66H. The number of benzene rings is 15. The molecule has 0 saturated carbocycles. The Hall–Kier alpha value is -11.8. The van der Waals surface area contributed by atoms with E-state index in [4.69, 9.17) is 0 Å². The highest BCUT2D eigenvalue weighted by molar-refractivity contribution is 7.20. The van der Waals surface area contributed by atoms with E-state index in [0.29, 0.717) is 0 Å². The lowest BCUT2D eigenvalue weighted by Gasteiger charge is -2.46. The first-order chi connectivity index (χ1) is 47.6. The van der Waals surface area contributed by atoms with Crippen LogP contribution in [0.25, 0.3) is 22.3 Å². The molecule has 3 nitrogen and oxygen atoms in total. The van der Waals surface area contributed by atoms with E-state index < -0.39 is 16.1 Å². The van der Waals surface area contributed by atoms with E-state index in [1.54, 1.807) is 0 Å². The van der Waals surface area contributed by atoms with Gasteiger partial charge in [0.2, 0.25) is 0 Å². The van der Waals surface area contributed by atoms with Crippen LogP contribution in [0.1, 0.15) is 0 Å². The van der Waals surface area contributed by atoms with Crippen molar-refractivity contribution in [3.05, 3.63) is 400 Å². The molecule has 15 aromatic carbocycles. The molecule has 0 spiro atoms. The van der Waals surface area contributed by atoms with E-state index in [1.807, 2.05) is 0 Å². The van der Waals surface area contributed by atoms with Crippen molar-refractivity contribution < 1.29 is 0 Å². The molecule has 96 heavy (non-hydrogen) atoms. The summed E-state index contributed by atoms with van der Waals surface area (Å²) in [5, 5.41) is 10.6. The van der Waals surface area contributed by atoms with Crippen molar-refractivity contribution in [2.45, 2.75) is 0 Å². The van der Waals surface area contributed by atoms with E-state index in [0.717, 1.165) is 67.9 Å². The Morgan fingerprint density at radius 1 is 0.208 bits per heavy atom. The molecule has 0 aliphatic carbocycles. The normalized spacial score (nSPS) is 12.3. The lowest BCUT2D eigenvalue weighted by molar-refractivity contribution is 1.23. The van der Waals surface area contributed by atoms with Gasteiger partial charge in [-0.2, -0.15) is 0 Å². The number of hydrogen-bond donors (Lipinski definition) is 0. The molecule has 0 aromatic heterocycles. The summed E-state index contributed by atoms with van der Waals surface area (Å²) in [4.78, 5) is 7.72. The highest BCUT2D eigenvalue weighted by Crippen LogP contribution is 2.49. The lowest BCUT2D eigenvalue weighted by atomic mass is 9.33. The average Bonchev–Trinajstić information content (AvgIpc) is 0.697. The van der Waals surface area contributed by atoms with Gasteiger partial charge in [-0.1, -0.05) is 328 Å². The molecule has 0 saturated heterocycles. The highest BCUT2D eigenvalue weighted by Gasteiger charge is 2.48. The maximum absolute atomic E-state index is 3.10. The molecule has 2 aliphatic heterocycles. The molecule has 0 unspecified atom stereocenters. The molecule has 0 amide bonds. The molecule has 0 bridgehead atoms. The smallest absolute Gasteiger partial charge is 0.252 e. The molecular weight excluding hydrogens is 1190 g/mol. The van der Waals surface area contributed by atoms with Crippen LogP contribution >= 0.6 is 0 Å². The van der Waals surface area contributed by atoms with Crippen LogP contribution in [0.5, 0.6) is 0 Å². The summed E-state index contributed by atoms with van der Waals surface area (Å²) in [7, 11) is -6.15. The van der Waals surface area contributed by atoms with Gasteiger partial charge in [0.05, 0.1) is 5.69 Å². The Morgan fingerprint density at radius 2 is 0.521 bits per heavy atom. The zero-order valence-electron chi connectivity index (χ0n) is 53.0. The van der Waals surface area contributed by atoms with Gasteiger partial charge in [0.1, 0.15) is 0 Å². The minimum absolute atomic E-state index is 0.199. The van der Waals surface area contributed by atoms with E-state index >= 15 is 0 Å². The fourth-order valence-corrected chi connectivity index (χ4v) is 25.3. The summed E-state index contributed by atoms with van der Waals surface area (Å²) in [6.07, 6.45) is 0. The molecule has 0 fully saturated rings. The maximum atomic E-state index is 2.63. The fourth-order valence-electron chi connectivity index (χ4n) is 15.8. The number of fused-ring (bicyclic) bond motifs is 4. The predicted molar refractivity (Wildman–Crippen MR) is 413 cm³/mol. The van der Waals surface area contributed by atoms with E-state index in [2.05, 4.69) is 415 Å². The fraction of sp³-hybridized carbons (Fsp3) is 0. The van der Waals surface area contributed by atoms with Gasteiger partial charge < -0.3 is 14.7 Å². The number of anilines is 9. The summed E-state index contributed by atoms with van der Waals surface area (Å²) in [6, 6.07) is 151. The minimum atomic E-state index is -3.10. The summed E-state index contributed by atoms with van der Waals surface area (Å²) in [5.74, 6) is 0. The number of rotatable bonds is 15. The van der Waals surface area contributed by atoms with Crippen LogP contribution in [0, 0.1) is 0 Å². The Labute approximate surface area is 565 Å². The van der Waals surface area contributed by atoms with Crippen LogP contribution in [0.4, 0.5) is 51.2 Å². The predicted octanol–water partition coefficient (Wildman–Crippen LogP) is 15.3. The molecule has 15 aromatic rings. The van der Waals surface area contributed by atoms with Crippen molar-refractivity contribution in [2.75, 3.05) is 14.7 Å². The summed E-state index contributed by atoms with van der Waals surface area (Å²) in [5.41, 5.74) is 18.2. The van der Waals surface area contributed by atoms with Gasteiger partial charge in [0.15, 0.2) is 16.1 Å². The van der Waals surface area contributed by atoms with Crippen molar-refractivity contribution >= 4 is 132 Å². The molecule has 452 valence electrons. The molecule has 0 atom stereocenters. The van der Waals surface area contributed by atoms with Gasteiger partial charge in [0.25, 0.3) is 6.71 Å². The third-order valence-corrected chi connectivity index (χ3v) is 29.4. The van der Waals surface area contributed by atoms with Crippen LogP contribution in [0.2, 0.25) is 0 Å². The molecule has 2 heterocycles. The summed E-state index contributed by atoms with van der Waals surface area (Å²) >= 11 is 0. The number of hydrogen-bond acceptors (Lipinski definition) is 3. The quantitative estimate of drug-likeness (QED) is 0.0748. The van der Waals surface area contributed by atoms with Crippen molar-refractivity contribution in [3.8, 4) is 22.3 Å². The molecular formula is C90H66BN3Si2. The van der Waals surface area contributed by atoms with Crippen LogP contribution in [-0.4, -0.2) is 22.9 Å². The second-order valence-corrected chi connectivity index (χ2v) is 32.7. The van der Waals surface area contributed by atoms with Crippen LogP contribution in [0.15, 0.2) is 400 Å². The molecule has 0 radical (unpaired) electrons. The monoisotopic (exact) mass is 1260 g/mol. The van der Waals surface area contributed by atoms with Gasteiger partial charge in [-0.05, 0) is 153 Å². The van der Waals surface area contributed by atoms with Gasteiger partial charge in [-0.25, -0.2) is 0 Å². The summed E-state index contributed by atoms with van der Waals surface area (Å²) < 4.78 is 0. The van der Waals surface area contributed by atoms with Gasteiger partial charge >= 0.3 is 0 Å². The van der Waals surface area contributed by atoms with E-state index in [1.165, 1.54) is 63.4 Å². The van der Waals surface area contributed by atoms with Crippen molar-refractivity contribution in [1.82, 2.24) is 0 Å². The van der Waals surface area contributed by atoms with Gasteiger partial charge in [-0.15, -0.1) is 0 Å². The van der Waals surface area contributed by atoms with Crippen molar-refractivity contribution in [3.63, 3.8) is 0 Å². The Kier molecular flexibility index (Phi) is 15.1. The van der Waals surface area contributed by atoms with Crippen LogP contribution < -0.4 is 72.6 Å². The zero-order valence-corrected chi connectivity index (χ0v) is 55.0. The third-order valence-electron chi connectivity index (χ3n) is 19.9. The molecule has 0 N–H and O–H groups in total. The van der Waals surface area contributed by atoms with E-state index in [-0.39, 0.29) is 6.71 Å². The first-order valence-corrected chi connectivity index (χ1v) is 37.3. The first-order valence-electron chi connectivity index (χ1n) is 33.3. The van der Waals surface area contributed by atoms with Crippen molar-refractivity contribution in [2.24, 2.45) is 0 Å². The average molecular weight is 1260 g/mol. The molecule has 2 aliphatic rings. The first kappa shape index (κ1) is 58.1. The van der Waals surface area contributed by atoms with Gasteiger partial charge in [-0.3, -0.25) is 0 Å². The zero-order chi connectivity index (χ0) is 63.8. The number of para-hydroxylation sites is 2. The maximum Gasteiger partial charge on any atom is 0.252 e. The number of nitrogens with zero attached hydrogens (tertiary/aromatic N) is 3. The Morgan fingerprint density at radius 3 is 0.938 bits per heavy atom. The van der Waals surface area contributed by atoms with Crippen LogP contribution in [-0.2, 0) is 0 Å². The Bertz CT molecular complexity index is 4970. The topological polar surface area (TPSA) is 9.72 Å². The van der Waals surface area contributed by atoms with Crippen LogP contribution in [0.3, 0.4) is 0 Å². The van der Waals surface area contributed by atoms with Crippen molar-refractivity contribution in [1.29, 1.82) is 0 Å². The van der Waals surface area contributed by atoms with E-state index in [9.17, 15) is 0 Å². The lowest BCUT2D eigenvalue weighted by Crippen LogP contribution is -2.75. The van der Waals surface area contributed by atoms with Gasteiger partial charge in [0, 0.05) is 45.5 Å². The Balaban J connectivity index is 1.01. The largest absolute Gasteiger partial charge is 0.311 e. The second-order valence-electron chi connectivity index (χ2n) is 25.1. The highest BCUT2D eigenvalue weighted by atomic mass is 28.3. The molecule has 17 rings (SSSR count). The SMILES string of the molecule is c1ccc(-c2cccc(N3c4cc([Si](c5ccccc5)(c5ccccc5)c5ccccc5)ccc4B4c5ccc(-c6ccccc6)cc5N(c5cccc([Si](c6ccccc6)(c6ccccc6)c6ccccc6)c5)c5cc(N(c6ccccc6)c6ccccc6)cc3c54)c2)cc1. The minimum Gasteiger partial charge on any atom is -0.311 e. The second kappa shape index (κ2) is 24.9. The third kappa shape index (κ3) is 9.88.